The molecule has 0 spiro atoms. The number of fused-ring (bicyclic) bond motifs is 1. The van der Waals surface area contributed by atoms with Crippen LogP contribution in [0.2, 0.25) is 0 Å². The summed E-state index contributed by atoms with van der Waals surface area (Å²) in [6.45, 7) is 0. The Morgan fingerprint density at radius 3 is 2.78 bits per heavy atom. The molecule has 0 radical (unpaired) electrons. The molecule has 2 aliphatic rings. The van der Waals surface area contributed by atoms with E-state index in [1.807, 2.05) is 12.1 Å². The lowest BCUT2D eigenvalue weighted by Crippen LogP contribution is -2.37. The number of anilines is 1. The molecule has 1 fully saturated rings. The summed E-state index contributed by atoms with van der Waals surface area (Å²) in [5, 5.41) is 2.80. The SMILES string of the molecule is NC1(C(=O)Nc2ccc3c(c2)C(=O)CCC3)CC1. The summed E-state index contributed by atoms with van der Waals surface area (Å²) in [4.78, 5) is 23.6. The van der Waals surface area contributed by atoms with Crippen LogP contribution in [0.3, 0.4) is 0 Å². The van der Waals surface area contributed by atoms with Crippen molar-refractivity contribution in [2.75, 3.05) is 5.32 Å². The monoisotopic (exact) mass is 244 g/mol. The van der Waals surface area contributed by atoms with Crippen molar-refractivity contribution in [1.82, 2.24) is 0 Å². The average molecular weight is 244 g/mol. The van der Waals surface area contributed by atoms with Crippen molar-refractivity contribution in [1.29, 1.82) is 0 Å². The minimum atomic E-state index is -0.681. The molecule has 18 heavy (non-hydrogen) atoms. The number of hydrogen-bond acceptors (Lipinski definition) is 3. The first-order chi connectivity index (χ1) is 8.58. The molecule has 1 saturated carbocycles. The van der Waals surface area contributed by atoms with E-state index in [2.05, 4.69) is 5.32 Å². The third kappa shape index (κ3) is 1.93. The first-order valence-electron chi connectivity index (χ1n) is 6.35. The number of rotatable bonds is 2. The third-order valence-corrected chi connectivity index (χ3v) is 3.76. The van der Waals surface area contributed by atoms with E-state index in [0.29, 0.717) is 12.1 Å². The fraction of sp³-hybridized carbons (Fsp3) is 0.429. The number of carbonyl (C=O) groups is 2. The fourth-order valence-electron chi connectivity index (χ4n) is 2.32. The Morgan fingerprint density at radius 1 is 1.28 bits per heavy atom. The van der Waals surface area contributed by atoms with Crippen molar-refractivity contribution >= 4 is 17.4 Å². The van der Waals surface area contributed by atoms with Crippen molar-refractivity contribution in [3.63, 3.8) is 0 Å². The number of nitrogens with one attached hydrogen (secondary N) is 1. The lowest BCUT2D eigenvalue weighted by molar-refractivity contribution is -0.118. The molecule has 4 nitrogen and oxygen atoms in total. The Balaban J connectivity index is 1.83. The van der Waals surface area contributed by atoms with Crippen LogP contribution in [0.15, 0.2) is 18.2 Å². The number of ketones is 1. The summed E-state index contributed by atoms with van der Waals surface area (Å²) in [5.74, 6) is 0.0203. The Hall–Kier alpha value is -1.68. The lowest BCUT2D eigenvalue weighted by atomic mass is 9.90. The van der Waals surface area contributed by atoms with E-state index in [9.17, 15) is 9.59 Å². The maximum atomic E-state index is 11.8. The number of aryl methyl sites for hydroxylation is 1. The van der Waals surface area contributed by atoms with Gasteiger partial charge in [0.25, 0.3) is 0 Å². The molecule has 4 heteroatoms. The van der Waals surface area contributed by atoms with Gasteiger partial charge in [-0.2, -0.15) is 0 Å². The standard InChI is InChI=1S/C14H16N2O2/c15-14(6-7-14)13(18)16-10-5-4-9-2-1-3-12(17)11(9)8-10/h4-5,8H,1-3,6-7,15H2,(H,16,18). The van der Waals surface area contributed by atoms with Gasteiger partial charge >= 0.3 is 0 Å². The first-order valence-corrected chi connectivity index (χ1v) is 6.35. The zero-order valence-electron chi connectivity index (χ0n) is 10.2. The predicted molar refractivity (Wildman–Crippen MR) is 68.5 cm³/mol. The van der Waals surface area contributed by atoms with Gasteiger partial charge in [-0.15, -0.1) is 0 Å². The van der Waals surface area contributed by atoms with E-state index in [0.717, 1.165) is 36.8 Å². The largest absolute Gasteiger partial charge is 0.324 e. The molecule has 1 aromatic rings. The third-order valence-electron chi connectivity index (χ3n) is 3.76. The zero-order chi connectivity index (χ0) is 12.8. The summed E-state index contributed by atoms with van der Waals surface area (Å²) in [6.07, 6.45) is 3.94. The molecule has 3 rings (SSSR count). The maximum Gasteiger partial charge on any atom is 0.244 e. The highest BCUT2D eigenvalue weighted by Gasteiger charge is 2.45. The number of benzene rings is 1. The molecule has 94 valence electrons. The van der Waals surface area contributed by atoms with Crippen molar-refractivity contribution in [3.8, 4) is 0 Å². The summed E-state index contributed by atoms with van der Waals surface area (Å²) in [6, 6.07) is 5.56. The minimum absolute atomic E-state index is 0.147. The van der Waals surface area contributed by atoms with Crippen molar-refractivity contribution < 1.29 is 9.59 Å². The normalized spacial score (nSPS) is 20.2. The van der Waals surface area contributed by atoms with Crippen LogP contribution in [0.1, 0.15) is 41.6 Å². The van der Waals surface area contributed by atoms with Gasteiger partial charge in [0, 0.05) is 17.7 Å². The van der Waals surface area contributed by atoms with E-state index in [1.54, 1.807) is 6.07 Å². The van der Waals surface area contributed by atoms with Gasteiger partial charge < -0.3 is 11.1 Å². The molecule has 3 N–H and O–H groups in total. The molecule has 0 atom stereocenters. The van der Waals surface area contributed by atoms with E-state index in [1.165, 1.54) is 0 Å². The summed E-state index contributed by atoms with van der Waals surface area (Å²) in [7, 11) is 0. The van der Waals surface area contributed by atoms with Crippen molar-refractivity contribution in [2.24, 2.45) is 5.73 Å². The quantitative estimate of drug-likeness (QED) is 0.830. The van der Waals surface area contributed by atoms with Crippen LogP contribution < -0.4 is 11.1 Å². The van der Waals surface area contributed by atoms with Gasteiger partial charge in [-0.1, -0.05) is 6.07 Å². The Kier molecular flexibility index (Phi) is 2.48. The van der Waals surface area contributed by atoms with Crippen molar-refractivity contribution in [2.45, 2.75) is 37.6 Å². The van der Waals surface area contributed by atoms with Gasteiger partial charge in [0.1, 0.15) is 0 Å². The maximum absolute atomic E-state index is 11.8. The van der Waals surface area contributed by atoms with Gasteiger partial charge in [-0.05, 0) is 43.4 Å². The van der Waals surface area contributed by atoms with E-state index < -0.39 is 5.54 Å². The molecular weight excluding hydrogens is 228 g/mol. The van der Waals surface area contributed by atoms with Gasteiger partial charge in [-0.3, -0.25) is 9.59 Å². The molecule has 0 aliphatic heterocycles. The molecular formula is C14H16N2O2. The summed E-state index contributed by atoms with van der Waals surface area (Å²) >= 11 is 0. The molecule has 0 bridgehead atoms. The molecule has 0 aromatic heterocycles. The zero-order valence-corrected chi connectivity index (χ0v) is 10.2. The Bertz CT molecular complexity index is 533. The average Bonchev–Trinajstić information content (AvgIpc) is 3.10. The van der Waals surface area contributed by atoms with E-state index in [4.69, 9.17) is 5.73 Å². The lowest BCUT2D eigenvalue weighted by Gasteiger charge is -2.16. The second-order valence-electron chi connectivity index (χ2n) is 5.26. The fourth-order valence-corrected chi connectivity index (χ4v) is 2.32. The smallest absolute Gasteiger partial charge is 0.244 e. The predicted octanol–water partition coefficient (Wildman–Crippen LogP) is 1.64. The van der Waals surface area contributed by atoms with Crippen LogP contribution >= 0.6 is 0 Å². The Labute approximate surface area is 106 Å². The molecule has 0 unspecified atom stereocenters. The highest BCUT2D eigenvalue weighted by Crippen LogP contribution is 2.33. The molecule has 1 amide bonds. The van der Waals surface area contributed by atoms with Crippen LogP contribution in [-0.2, 0) is 11.2 Å². The van der Waals surface area contributed by atoms with Gasteiger partial charge in [0.05, 0.1) is 5.54 Å². The van der Waals surface area contributed by atoms with Gasteiger partial charge in [-0.25, -0.2) is 0 Å². The van der Waals surface area contributed by atoms with Gasteiger partial charge in [0.15, 0.2) is 5.78 Å². The van der Waals surface area contributed by atoms with Crippen LogP contribution in [0, 0.1) is 0 Å². The molecule has 2 aliphatic carbocycles. The van der Waals surface area contributed by atoms with Crippen LogP contribution in [0.4, 0.5) is 5.69 Å². The number of nitrogens with two attached hydrogens (primary N) is 1. The van der Waals surface area contributed by atoms with Crippen LogP contribution in [0.5, 0.6) is 0 Å². The van der Waals surface area contributed by atoms with Gasteiger partial charge in [0.2, 0.25) is 5.91 Å². The molecule has 0 heterocycles. The second kappa shape index (κ2) is 3.92. The Morgan fingerprint density at radius 2 is 2.06 bits per heavy atom. The first kappa shape index (κ1) is 11.4. The topological polar surface area (TPSA) is 72.2 Å². The number of Topliss-reactive ketones (excluding diaryl/α,β-unsaturated/α-hetero) is 1. The highest BCUT2D eigenvalue weighted by molar-refractivity contribution is 6.03. The summed E-state index contributed by atoms with van der Waals surface area (Å²) in [5.41, 5.74) is 7.65. The highest BCUT2D eigenvalue weighted by atomic mass is 16.2. The van der Waals surface area contributed by atoms with Crippen LogP contribution in [-0.4, -0.2) is 17.2 Å². The number of carbonyl (C=O) groups excluding carboxylic acids is 2. The van der Waals surface area contributed by atoms with E-state index in [-0.39, 0.29) is 11.7 Å². The van der Waals surface area contributed by atoms with E-state index >= 15 is 0 Å². The van der Waals surface area contributed by atoms with Crippen LogP contribution in [0.25, 0.3) is 0 Å². The summed E-state index contributed by atoms with van der Waals surface area (Å²) < 4.78 is 0. The number of hydrogen-bond donors (Lipinski definition) is 2. The number of amides is 1. The molecule has 0 saturated heterocycles. The van der Waals surface area contributed by atoms with Crippen molar-refractivity contribution in [3.05, 3.63) is 29.3 Å². The minimum Gasteiger partial charge on any atom is -0.324 e. The second-order valence-corrected chi connectivity index (χ2v) is 5.26. The molecule has 1 aromatic carbocycles.